The Labute approximate surface area is 200 Å². The molecule has 32 heavy (non-hydrogen) atoms. The Morgan fingerprint density at radius 3 is 2.44 bits per heavy atom. The lowest BCUT2D eigenvalue weighted by Crippen LogP contribution is -2.40. The second-order valence-electron chi connectivity index (χ2n) is 6.83. The minimum atomic E-state index is -3.99. The molecule has 1 N–H and O–H groups in total. The predicted molar refractivity (Wildman–Crippen MR) is 121 cm³/mol. The summed E-state index contributed by atoms with van der Waals surface area (Å²) >= 11 is 18.1. The zero-order valence-electron chi connectivity index (χ0n) is 16.8. The van der Waals surface area contributed by atoms with Gasteiger partial charge in [0.1, 0.15) is 4.90 Å². The van der Waals surface area contributed by atoms with Crippen molar-refractivity contribution >= 4 is 62.4 Å². The van der Waals surface area contributed by atoms with Crippen LogP contribution in [0.5, 0.6) is 0 Å². The van der Waals surface area contributed by atoms with E-state index in [0.29, 0.717) is 10.7 Å². The van der Waals surface area contributed by atoms with Gasteiger partial charge in [-0.2, -0.15) is 4.31 Å². The maximum absolute atomic E-state index is 13.0. The number of hydrogen-bond acceptors (Lipinski definition) is 6. The van der Waals surface area contributed by atoms with Crippen molar-refractivity contribution in [3.8, 4) is 0 Å². The van der Waals surface area contributed by atoms with E-state index in [-0.39, 0.29) is 46.8 Å². The number of nitrogens with one attached hydrogen (secondary N) is 1. The number of morpholine rings is 1. The second kappa shape index (κ2) is 10.4. The third kappa shape index (κ3) is 5.72. The third-order valence-electron chi connectivity index (χ3n) is 4.57. The Hall–Kier alpha value is -1.88. The summed E-state index contributed by atoms with van der Waals surface area (Å²) in [7, 11) is -3.99. The first-order valence-corrected chi connectivity index (χ1v) is 12.0. The molecule has 0 unspecified atom stereocenters. The van der Waals surface area contributed by atoms with E-state index in [1.54, 1.807) is 18.2 Å². The SMILES string of the molecule is C[C@@H](OC(=O)c1cc(S(=O)(=O)N2CCOCC2)c(Cl)cc1Cl)C(=O)Nc1cccc(Cl)c1. The number of anilines is 1. The van der Waals surface area contributed by atoms with Crippen LogP contribution in [0.15, 0.2) is 41.3 Å². The number of carbonyl (C=O) groups excluding carboxylic acids is 2. The summed E-state index contributed by atoms with van der Waals surface area (Å²) in [6, 6.07) is 8.66. The second-order valence-corrected chi connectivity index (χ2v) is 9.98. The molecule has 0 radical (unpaired) electrons. The lowest BCUT2D eigenvalue weighted by molar-refractivity contribution is -0.123. The zero-order valence-corrected chi connectivity index (χ0v) is 19.9. The Morgan fingerprint density at radius 2 is 1.78 bits per heavy atom. The molecule has 3 rings (SSSR count). The molecule has 0 bridgehead atoms. The molecule has 1 heterocycles. The summed E-state index contributed by atoms with van der Waals surface area (Å²) in [6.45, 7) is 2.17. The van der Waals surface area contributed by atoms with Crippen molar-refractivity contribution < 1.29 is 27.5 Å². The van der Waals surface area contributed by atoms with E-state index in [4.69, 9.17) is 44.3 Å². The Bertz CT molecular complexity index is 1140. The van der Waals surface area contributed by atoms with Gasteiger partial charge in [-0.25, -0.2) is 13.2 Å². The van der Waals surface area contributed by atoms with Crippen LogP contribution in [-0.2, 0) is 24.3 Å². The third-order valence-corrected chi connectivity index (χ3v) is 7.49. The fourth-order valence-corrected chi connectivity index (χ4v) is 5.32. The molecule has 172 valence electrons. The molecule has 1 atom stereocenters. The number of amides is 1. The number of sulfonamides is 1. The molecule has 0 aromatic heterocycles. The average molecular weight is 522 g/mol. The number of esters is 1. The first kappa shape index (κ1) is 24.8. The van der Waals surface area contributed by atoms with Gasteiger partial charge in [0.2, 0.25) is 10.0 Å². The molecule has 1 amide bonds. The maximum Gasteiger partial charge on any atom is 0.340 e. The van der Waals surface area contributed by atoms with Gasteiger partial charge in [-0.3, -0.25) is 4.79 Å². The molecule has 0 saturated carbocycles. The number of benzene rings is 2. The molecule has 1 fully saturated rings. The number of hydrogen-bond donors (Lipinski definition) is 1. The van der Waals surface area contributed by atoms with Gasteiger partial charge < -0.3 is 14.8 Å². The summed E-state index contributed by atoms with van der Waals surface area (Å²) in [6.07, 6.45) is -1.20. The van der Waals surface area contributed by atoms with Crippen LogP contribution in [0.25, 0.3) is 0 Å². The molecular weight excluding hydrogens is 503 g/mol. The topological polar surface area (TPSA) is 102 Å². The van der Waals surface area contributed by atoms with Gasteiger partial charge in [0.05, 0.1) is 28.8 Å². The summed E-state index contributed by atoms with van der Waals surface area (Å²) in [5, 5.41) is 2.76. The number of nitrogens with zero attached hydrogens (tertiary/aromatic N) is 1. The molecule has 8 nitrogen and oxygen atoms in total. The van der Waals surface area contributed by atoms with Gasteiger partial charge in [-0.05, 0) is 37.3 Å². The van der Waals surface area contributed by atoms with E-state index in [9.17, 15) is 18.0 Å². The van der Waals surface area contributed by atoms with E-state index in [1.165, 1.54) is 17.3 Å². The molecular formula is C20H19Cl3N2O6S. The Kier molecular flexibility index (Phi) is 8.02. The fraction of sp³-hybridized carbons (Fsp3) is 0.300. The van der Waals surface area contributed by atoms with Gasteiger partial charge in [0.25, 0.3) is 5.91 Å². The molecule has 2 aromatic carbocycles. The number of carbonyl (C=O) groups is 2. The van der Waals surface area contributed by atoms with E-state index in [0.717, 1.165) is 12.1 Å². The van der Waals surface area contributed by atoms with Crippen LogP contribution in [0.1, 0.15) is 17.3 Å². The largest absolute Gasteiger partial charge is 0.449 e. The molecule has 1 saturated heterocycles. The molecule has 2 aromatic rings. The van der Waals surface area contributed by atoms with Gasteiger partial charge >= 0.3 is 5.97 Å². The lowest BCUT2D eigenvalue weighted by atomic mass is 10.2. The standard InChI is InChI=1S/C20H19Cl3N2O6S/c1-12(19(26)24-14-4-2-3-13(21)9-14)31-20(27)15-10-18(17(23)11-16(15)22)32(28,29)25-5-7-30-8-6-25/h2-4,9-12H,5-8H2,1H3,(H,24,26)/t12-/m1/s1. The molecule has 12 heteroatoms. The van der Waals surface area contributed by atoms with Crippen LogP contribution in [0, 0.1) is 0 Å². The summed E-state index contributed by atoms with van der Waals surface area (Å²) < 4.78 is 37.5. The lowest BCUT2D eigenvalue weighted by Gasteiger charge is -2.26. The van der Waals surface area contributed by atoms with E-state index in [1.807, 2.05) is 0 Å². The molecule has 1 aliphatic heterocycles. The normalized spacial score (nSPS) is 15.8. The van der Waals surface area contributed by atoms with Crippen molar-refractivity contribution in [2.24, 2.45) is 0 Å². The first-order valence-electron chi connectivity index (χ1n) is 9.44. The van der Waals surface area contributed by atoms with Crippen LogP contribution in [0.2, 0.25) is 15.1 Å². The highest BCUT2D eigenvalue weighted by Gasteiger charge is 2.31. The number of halogens is 3. The highest BCUT2D eigenvalue weighted by atomic mass is 35.5. The van der Waals surface area contributed by atoms with E-state index >= 15 is 0 Å². The number of ether oxygens (including phenoxy) is 2. The monoisotopic (exact) mass is 520 g/mol. The van der Waals surface area contributed by atoms with Gasteiger partial charge in [0, 0.05) is 23.8 Å². The smallest absolute Gasteiger partial charge is 0.340 e. The average Bonchev–Trinajstić information content (AvgIpc) is 2.74. The Balaban J connectivity index is 1.78. The highest BCUT2D eigenvalue weighted by molar-refractivity contribution is 7.89. The van der Waals surface area contributed by atoms with Gasteiger partial charge in [0.15, 0.2) is 6.10 Å². The minimum absolute atomic E-state index is 0.108. The maximum atomic E-state index is 13.0. The van der Waals surface area contributed by atoms with Crippen LogP contribution in [0.4, 0.5) is 5.69 Å². The minimum Gasteiger partial charge on any atom is -0.449 e. The van der Waals surface area contributed by atoms with Crippen LogP contribution >= 0.6 is 34.8 Å². The predicted octanol–water partition coefficient (Wildman–Crippen LogP) is 3.85. The zero-order chi connectivity index (χ0) is 23.5. The van der Waals surface area contributed by atoms with Crippen LogP contribution in [-0.4, -0.2) is 57.0 Å². The molecule has 1 aliphatic rings. The highest BCUT2D eigenvalue weighted by Crippen LogP contribution is 2.31. The summed E-state index contributed by atoms with van der Waals surface area (Å²) in [4.78, 5) is 24.8. The quantitative estimate of drug-likeness (QED) is 0.579. The van der Waals surface area contributed by atoms with Crippen molar-refractivity contribution in [2.75, 3.05) is 31.6 Å². The van der Waals surface area contributed by atoms with Crippen molar-refractivity contribution in [3.63, 3.8) is 0 Å². The summed E-state index contributed by atoms with van der Waals surface area (Å²) in [5.41, 5.74) is 0.194. The fourth-order valence-electron chi connectivity index (χ4n) is 2.90. The summed E-state index contributed by atoms with van der Waals surface area (Å²) in [5.74, 6) is -1.58. The molecule has 0 spiro atoms. The number of rotatable bonds is 6. The van der Waals surface area contributed by atoms with Crippen molar-refractivity contribution in [1.82, 2.24) is 4.31 Å². The van der Waals surface area contributed by atoms with Crippen molar-refractivity contribution in [2.45, 2.75) is 17.9 Å². The molecule has 0 aliphatic carbocycles. The van der Waals surface area contributed by atoms with Gasteiger partial charge in [-0.15, -0.1) is 0 Å². The van der Waals surface area contributed by atoms with Crippen LogP contribution < -0.4 is 5.32 Å². The van der Waals surface area contributed by atoms with Crippen LogP contribution in [0.3, 0.4) is 0 Å². The van der Waals surface area contributed by atoms with E-state index < -0.39 is 28.0 Å². The first-order chi connectivity index (χ1) is 15.1. The van der Waals surface area contributed by atoms with E-state index in [2.05, 4.69) is 5.32 Å². The van der Waals surface area contributed by atoms with Gasteiger partial charge in [-0.1, -0.05) is 40.9 Å². The Morgan fingerprint density at radius 1 is 1.09 bits per heavy atom. The van der Waals surface area contributed by atoms with Crippen molar-refractivity contribution in [3.05, 3.63) is 57.0 Å². The van der Waals surface area contributed by atoms with Crippen molar-refractivity contribution in [1.29, 1.82) is 0 Å².